The molecule has 0 atom stereocenters. The monoisotopic (exact) mass is 216 g/mol. The van der Waals surface area contributed by atoms with Gasteiger partial charge in [-0.05, 0) is 11.6 Å². The van der Waals surface area contributed by atoms with Gasteiger partial charge in [0, 0.05) is 5.56 Å². The van der Waals surface area contributed by atoms with Crippen molar-refractivity contribution in [3.63, 3.8) is 0 Å². The van der Waals surface area contributed by atoms with E-state index in [-0.39, 0.29) is 11.5 Å². The molecule has 0 heterocycles. The highest BCUT2D eigenvalue weighted by atomic mass is 16.3. The highest BCUT2D eigenvalue weighted by Gasteiger charge is 2.06. The molecule has 82 valence electrons. The average molecular weight is 216 g/mol. The van der Waals surface area contributed by atoms with Gasteiger partial charge >= 0.3 is 0 Å². The van der Waals surface area contributed by atoms with Crippen LogP contribution in [0.1, 0.15) is 0 Å². The second-order valence-corrected chi connectivity index (χ2v) is 3.04. The lowest BCUT2D eigenvalue weighted by atomic mass is 10.0. The fraction of sp³-hybridized carbons (Fsp3) is 0. The van der Waals surface area contributed by atoms with Gasteiger partial charge in [0.25, 0.3) is 0 Å². The number of phenols is 2. The lowest BCUT2D eigenvalue weighted by Gasteiger charge is -2.05. The molecule has 2 aromatic rings. The molecule has 0 fully saturated rings. The summed E-state index contributed by atoms with van der Waals surface area (Å²) in [6, 6.07) is 14.4. The Labute approximate surface area is 93.6 Å². The zero-order chi connectivity index (χ0) is 12.0. The first-order valence-corrected chi connectivity index (χ1v) is 4.64. The van der Waals surface area contributed by atoms with Crippen LogP contribution in [-0.2, 0) is 4.79 Å². The van der Waals surface area contributed by atoms with Crippen LogP contribution in [-0.4, -0.2) is 17.0 Å². The lowest BCUT2D eigenvalue weighted by molar-refractivity contribution is -0.0979. The summed E-state index contributed by atoms with van der Waals surface area (Å²) in [5, 5.41) is 18.9. The van der Waals surface area contributed by atoms with Gasteiger partial charge in [-0.25, -0.2) is 0 Å². The van der Waals surface area contributed by atoms with Crippen molar-refractivity contribution < 1.29 is 15.0 Å². The summed E-state index contributed by atoms with van der Waals surface area (Å²) in [6.45, 7) is 2.00. The number of hydrogen-bond acceptors (Lipinski definition) is 3. The minimum atomic E-state index is -0.0913. The molecule has 0 aliphatic rings. The quantitative estimate of drug-likeness (QED) is 0.720. The summed E-state index contributed by atoms with van der Waals surface area (Å²) in [4.78, 5) is 8.00. The molecule has 0 saturated carbocycles. The standard InChI is InChI=1S/C12H10O2.CH2O/c13-11-8-4-7-10(12(11)14)9-5-2-1-3-6-9;1-2/h1-8,13-14H;1H2. The molecule has 0 unspecified atom stereocenters. The van der Waals surface area contributed by atoms with Gasteiger partial charge in [-0.2, -0.15) is 0 Å². The smallest absolute Gasteiger partial charge is 0.165 e. The molecule has 0 aliphatic heterocycles. The van der Waals surface area contributed by atoms with Crippen LogP contribution in [0.25, 0.3) is 11.1 Å². The van der Waals surface area contributed by atoms with E-state index in [1.54, 1.807) is 12.1 Å². The van der Waals surface area contributed by atoms with Gasteiger partial charge < -0.3 is 15.0 Å². The van der Waals surface area contributed by atoms with E-state index in [0.29, 0.717) is 5.56 Å². The molecule has 2 aromatic carbocycles. The van der Waals surface area contributed by atoms with Crippen molar-refractivity contribution >= 4 is 6.79 Å². The van der Waals surface area contributed by atoms with Crippen LogP contribution in [0.15, 0.2) is 48.5 Å². The summed E-state index contributed by atoms with van der Waals surface area (Å²) >= 11 is 0. The Morgan fingerprint density at radius 2 is 1.44 bits per heavy atom. The molecule has 0 bridgehead atoms. The third-order valence-electron chi connectivity index (χ3n) is 2.10. The summed E-state index contributed by atoms with van der Waals surface area (Å²) in [5.41, 5.74) is 1.53. The highest BCUT2D eigenvalue weighted by Crippen LogP contribution is 2.35. The van der Waals surface area contributed by atoms with Crippen molar-refractivity contribution in [2.75, 3.05) is 0 Å². The van der Waals surface area contributed by atoms with Gasteiger partial charge in [-0.15, -0.1) is 0 Å². The molecule has 3 heteroatoms. The van der Waals surface area contributed by atoms with Gasteiger partial charge in [0.05, 0.1) is 0 Å². The van der Waals surface area contributed by atoms with Crippen LogP contribution >= 0.6 is 0 Å². The molecule has 0 spiro atoms. The molecule has 0 aromatic heterocycles. The zero-order valence-corrected chi connectivity index (χ0v) is 8.63. The molecule has 16 heavy (non-hydrogen) atoms. The van der Waals surface area contributed by atoms with Crippen LogP contribution < -0.4 is 0 Å². The maximum absolute atomic E-state index is 9.60. The summed E-state index contributed by atoms with van der Waals surface area (Å²) in [7, 11) is 0. The van der Waals surface area contributed by atoms with E-state index in [0.717, 1.165) is 5.56 Å². The Morgan fingerprint density at radius 3 is 2.06 bits per heavy atom. The number of hydrogen-bond donors (Lipinski definition) is 2. The zero-order valence-electron chi connectivity index (χ0n) is 8.63. The predicted molar refractivity (Wildman–Crippen MR) is 62.3 cm³/mol. The minimum absolute atomic E-state index is 0.0706. The van der Waals surface area contributed by atoms with Gasteiger partial charge in [0.2, 0.25) is 0 Å². The molecule has 0 amide bonds. The number of rotatable bonds is 1. The number of phenolic OH excluding ortho intramolecular Hbond substituents is 2. The van der Waals surface area contributed by atoms with Crippen LogP contribution in [0.4, 0.5) is 0 Å². The third-order valence-corrected chi connectivity index (χ3v) is 2.10. The first-order chi connectivity index (χ1) is 7.79. The summed E-state index contributed by atoms with van der Waals surface area (Å²) in [5.74, 6) is -0.162. The van der Waals surface area contributed by atoms with E-state index in [1.165, 1.54) is 6.07 Å². The number of aromatic hydroxyl groups is 2. The van der Waals surface area contributed by atoms with E-state index in [9.17, 15) is 10.2 Å². The number of carbonyl (C=O) groups excluding carboxylic acids is 1. The fourth-order valence-electron chi connectivity index (χ4n) is 1.38. The van der Waals surface area contributed by atoms with Crippen molar-refractivity contribution in [3.8, 4) is 22.6 Å². The number of carbonyl (C=O) groups is 1. The van der Waals surface area contributed by atoms with E-state index in [1.807, 2.05) is 37.1 Å². The normalized spacial score (nSPS) is 9.00. The lowest BCUT2D eigenvalue weighted by Crippen LogP contribution is -1.78. The van der Waals surface area contributed by atoms with Gasteiger partial charge in [-0.3, -0.25) is 0 Å². The SMILES string of the molecule is C=O.Oc1cccc(-c2ccccc2)c1O. The van der Waals surface area contributed by atoms with E-state index < -0.39 is 0 Å². The maximum Gasteiger partial charge on any atom is 0.165 e. The average Bonchev–Trinajstić information content (AvgIpc) is 2.36. The molecule has 0 radical (unpaired) electrons. The fourth-order valence-corrected chi connectivity index (χ4v) is 1.38. The van der Waals surface area contributed by atoms with Crippen molar-refractivity contribution in [3.05, 3.63) is 48.5 Å². The van der Waals surface area contributed by atoms with Crippen LogP contribution in [0, 0.1) is 0 Å². The van der Waals surface area contributed by atoms with E-state index in [2.05, 4.69) is 0 Å². The van der Waals surface area contributed by atoms with E-state index in [4.69, 9.17) is 4.79 Å². The van der Waals surface area contributed by atoms with Crippen LogP contribution in [0.5, 0.6) is 11.5 Å². The first kappa shape index (κ1) is 11.8. The molecule has 0 saturated heterocycles. The summed E-state index contributed by atoms with van der Waals surface area (Å²) in [6.07, 6.45) is 0. The Morgan fingerprint density at radius 1 is 0.812 bits per heavy atom. The van der Waals surface area contributed by atoms with Gasteiger partial charge in [0.15, 0.2) is 11.5 Å². The first-order valence-electron chi connectivity index (χ1n) is 4.64. The maximum atomic E-state index is 9.60. The van der Waals surface area contributed by atoms with E-state index >= 15 is 0 Å². The minimum Gasteiger partial charge on any atom is -0.504 e. The molecule has 2 rings (SSSR count). The second-order valence-electron chi connectivity index (χ2n) is 3.04. The Hall–Kier alpha value is -2.29. The number of benzene rings is 2. The largest absolute Gasteiger partial charge is 0.504 e. The van der Waals surface area contributed by atoms with Crippen LogP contribution in [0.3, 0.4) is 0 Å². The third kappa shape index (κ3) is 2.39. The highest BCUT2D eigenvalue weighted by molar-refractivity contribution is 5.72. The molecule has 3 nitrogen and oxygen atoms in total. The molecular formula is C13H12O3. The Kier molecular flexibility index (Phi) is 4.09. The van der Waals surface area contributed by atoms with Gasteiger partial charge in [-0.1, -0.05) is 42.5 Å². The Bertz CT molecular complexity index is 452. The second kappa shape index (κ2) is 5.56. The molecule has 2 N–H and O–H groups in total. The van der Waals surface area contributed by atoms with Crippen molar-refractivity contribution in [1.82, 2.24) is 0 Å². The molecule has 0 aliphatic carbocycles. The Balaban J connectivity index is 0.000000606. The predicted octanol–water partition coefficient (Wildman–Crippen LogP) is 2.58. The van der Waals surface area contributed by atoms with Crippen LogP contribution in [0.2, 0.25) is 0 Å². The topological polar surface area (TPSA) is 57.5 Å². The van der Waals surface area contributed by atoms with Crippen molar-refractivity contribution in [2.45, 2.75) is 0 Å². The van der Waals surface area contributed by atoms with Crippen molar-refractivity contribution in [1.29, 1.82) is 0 Å². The van der Waals surface area contributed by atoms with Gasteiger partial charge in [0.1, 0.15) is 6.79 Å². The molecular weight excluding hydrogens is 204 g/mol. The summed E-state index contributed by atoms with van der Waals surface area (Å²) < 4.78 is 0. The van der Waals surface area contributed by atoms with Crippen molar-refractivity contribution in [2.24, 2.45) is 0 Å². The number of para-hydroxylation sites is 1.